The van der Waals surface area contributed by atoms with Crippen molar-refractivity contribution in [1.82, 2.24) is 0 Å². The number of rotatable bonds is 0. The van der Waals surface area contributed by atoms with Crippen LogP contribution in [0.1, 0.15) is 18.1 Å². The standard InChI is InChI=1S/C26H14S2/c1-3-4-5-6-7-12-18-17(2)23-19-13-8-10-15-21(19)27-25(23)26-24(18)20-14-9-11-16-22(20)28-26/h8-11,13-16H,1-2H3. The Morgan fingerprint density at radius 1 is 0.679 bits per heavy atom. The first-order valence-corrected chi connectivity index (χ1v) is 10.6. The summed E-state index contributed by atoms with van der Waals surface area (Å²) < 4.78 is 5.31. The number of hydrogen-bond donors (Lipinski definition) is 0. The first-order valence-electron chi connectivity index (χ1n) is 8.97. The molecule has 5 aromatic rings. The second-order valence-electron chi connectivity index (χ2n) is 6.48. The van der Waals surface area contributed by atoms with E-state index in [0.717, 1.165) is 5.56 Å². The van der Waals surface area contributed by atoms with Crippen molar-refractivity contribution in [2.45, 2.75) is 13.8 Å². The molecule has 2 heterocycles. The van der Waals surface area contributed by atoms with Gasteiger partial charge in [-0.15, -0.1) is 22.7 Å². The van der Waals surface area contributed by atoms with Gasteiger partial charge in [0.15, 0.2) is 0 Å². The molecule has 130 valence electrons. The number of benzene rings is 3. The molecule has 2 aromatic heterocycles. The molecule has 0 aliphatic carbocycles. The Bertz CT molecular complexity index is 1590. The summed E-state index contributed by atoms with van der Waals surface area (Å²) in [6.07, 6.45) is 0. The van der Waals surface area contributed by atoms with Gasteiger partial charge in [-0.1, -0.05) is 48.2 Å². The van der Waals surface area contributed by atoms with Crippen molar-refractivity contribution in [2.24, 2.45) is 0 Å². The Labute approximate surface area is 171 Å². The second-order valence-corrected chi connectivity index (χ2v) is 8.58. The summed E-state index contributed by atoms with van der Waals surface area (Å²) in [5, 5.41) is 5.17. The lowest BCUT2D eigenvalue weighted by Crippen LogP contribution is -1.86. The van der Waals surface area contributed by atoms with Gasteiger partial charge in [0.2, 0.25) is 0 Å². The third-order valence-electron chi connectivity index (χ3n) is 4.90. The average molecular weight is 391 g/mol. The van der Waals surface area contributed by atoms with E-state index in [-0.39, 0.29) is 0 Å². The van der Waals surface area contributed by atoms with Crippen LogP contribution in [0.2, 0.25) is 0 Å². The van der Waals surface area contributed by atoms with Gasteiger partial charge in [-0.3, -0.25) is 0 Å². The van der Waals surface area contributed by atoms with Crippen molar-refractivity contribution in [2.75, 3.05) is 0 Å². The lowest BCUT2D eigenvalue weighted by molar-refractivity contribution is 1.55. The minimum atomic E-state index is 1.09. The van der Waals surface area contributed by atoms with E-state index < -0.39 is 0 Å². The first kappa shape index (κ1) is 16.9. The van der Waals surface area contributed by atoms with Crippen molar-refractivity contribution in [3.8, 4) is 35.5 Å². The van der Waals surface area contributed by atoms with E-state index in [1.807, 2.05) is 22.7 Å². The SMILES string of the molecule is CC#CC#CC#Cc1c(C)c2c3ccccc3sc2c2sc3ccccc3c12. The molecular formula is C26H14S2. The highest BCUT2D eigenvalue weighted by Crippen LogP contribution is 2.47. The van der Waals surface area contributed by atoms with Gasteiger partial charge in [-0.05, 0) is 55.2 Å². The van der Waals surface area contributed by atoms with Crippen LogP contribution in [0, 0.1) is 42.4 Å². The molecule has 3 aromatic carbocycles. The fourth-order valence-corrected chi connectivity index (χ4v) is 6.33. The van der Waals surface area contributed by atoms with Gasteiger partial charge in [0.25, 0.3) is 0 Å². The van der Waals surface area contributed by atoms with Crippen LogP contribution in [0.4, 0.5) is 0 Å². The molecule has 0 bridgehead atoms. The molecule has 0 amide bonds. The van der Waals surface area contributed by atoms with Crippen LogP contribution in [0.25, 0.3) is 40.3 Å². The van der Waals surface area contributed by atoms with E-state index in [9.17, 15) is 0 Å². The Morgan fingerprint density at radius 2 is 1.25 bits per heavy atom. The summed E-state index contributed by atoms with van der Waals surface area (Å²) in [5.74, 6) is 17.6. The van der Waals surface area contributed by atoms with E-state index >= 15 is 0 Å². The van der Waals surface area contributed by atoms with Crippen LogP contribution < -0.4 is 0 Å². The predicted molar refractivity (Wildman–Crippen MR) is 125 cm³/mol. The fourth-order valence-electron chi connectivity index (χ4n) is 3.72. The molecule has 2 heteroatoms. The highest BCUT2D eigenvalue weighted by molar-refractivity contribution is 7.33. The van der Waals surface area contributed by atoms with Gasteiger partial charge in [-0.2, -0.15) is 0 Å². The monoisotopic (exact) mass is 390 g/mol. The van der Waals surface area contributed by atoms with Crippen molar-refractivity contribution < 1.29 is 0 Å². The number of aryl methyl sites for hydroxylation is 1. The maximum absolute atomic E-state index is 3.36. The summed E-state index contributed by atoms with van der Waals surface area (Å²) in [5.41, 5.74) is 2.32. The second kappa shape index (κ2) is 6.74. The van der Waals surface area contributed by atoms with Gasteiger partial charge < -0.3 is 0 Å². The number of fused-ring (bicyclic) bond motifs is 7. The minimum absolute atomic E-state index is 1.09. The van der Waals surface area contributed by atoms with E-state index in [0.29, 0.717) is 0 Å². The van der Waals surface area contributed by atoms with E-state index in [2.05, 4.69) is 91.0 Å². The molecule has 0 spiro atoms. The molecule has 28 heavy (non-hydrogen) atoms. The molecule has 0 unspecified atom stereocenters. The van der Waals surface area contributed by atoms with Gasteiger partial charge in [0.05, 0.1) is 9.40 Å². The molecule has 0 saturated heterocycles. The van der Waals surface area contributed by atoms with E-state index in [1.54, 1.807) is 6.92 Å². The van der Waals surface area contributed by atoms with E-state index in [1.165, 1.54) is 45.9 Å². The van der Waals surface area contributed by atoms with Crippen molar-refractivity contribution in [1.29, 1.82) is 0 Å². The predicted octanol–water partition coefficient (Wildman–Crippen LogP) is 7.11. The quantitative estimate of drug-likeness (QED) is 0.247. The number of hydrogen-bond acceptors (Lipinski definition) is 2. The van der Waals surface area contributed by atoms with Gasteiger partial charge >= 0.3 is 0 Å². The zero-order valence-corrected chi connectivity index (χ0v) is 17.1. The number of thiophene rings is 2. The highest BCUT2D eigenvalue weighted by Gasteiger charge is 2.19. The van der Waals surface area contributed by atoms with Gasteiger partial charge in [0.1, 0.15) is 0 Å². The van der Waals surface area contributed by atoms with Crippen LogP contribution >= 0.6 is 22.7 Å². The molecule has 0 radical (unpaired) electrons. The zero-order chi connectivity index (χ0) is 19.1. The molecule has 0 nitrogen and oxygen atoms in total. The van der Waals surface area contributed by atoms with Crippen LogP contribution in [0.5, 0.6) is 0 Å². The normalized spacial score (nSPS) is 10.4. The maximum Gasteiger partial charge on any atom is 0.0546 e. The summed E-state index contributed by atoms with van der Waals surface area (Å²) in [7, 11) is 0. The lowest BCUT2D eigenvalue weighted by Gasteiger charge is -2.05. The summed E-state index contributed by atoms with van der Waals surface area (Å²) >= 11 is 3.74. The Morgan fingerprint density at radius 3 is 1.93 bits per heavy atom. The Hall–Kier alpha value is -3.22. The molecule has 0 saturated carbocycles. The lowest BCUT2D eigenvalue weighted by atomic mass is 9.97. The third-order valence-corrected chi connectivity index (χ3v) is 7.40. The molecule has 0 fully saturated rings. The fraction of sp³-hybridized carbons (Fsp3) is 0.0769. The molecule has 0 N–H and O–H groups in total. The maximum atomic E-state index is 3.36. The molecule has 0 aliphatic heterocycles. The van der Waals surface area contributed by atoms with Gasteiger partial charge in [0, 0.05) is 36.5 Å². The molecule has 5 rings (SSSR count). The van der Waals surface area contributed by atoms with Crippen LogP contribution in [0.3, 0.4) is 0 Å². The average Bonchev–Trinajstić information content (AvgIpc) is 3.29. The third kappa shape index (κ3) is 2.50. The van der Waals surface area contributed by atoms with Crippen molar-refractivity contribution in [3.05, 3.63) is 59.7 Å². The van der Waals surface area contributed by atoms with Crippen molar-refractivity contribution >= 4 is 63.0 Å². The summed E-state index contributed by atoms with van der Waals surface area (Å²) in [4.78, 5) is 0. The largest absolute Gasteiger partial charge is 0.134 e. The highest BCUT2D eigenvalue weighted by atomic mass is 32.1. The Kier molecular flexibility index (Phi) is 4.07. The van der Waals surface area contributed by atoms with Crippen LogP contribution in [0.15, 0.2) is 48.5 Å². The molecular weight excluding hydrogens is 376 g/mol. The van der Waals surface area contributed by atoms with Crippen LogP contribution in [-0.4, -0.2) is 0 Å². The Balaban J connectivity index is 1.99. The zero-order valence-electron chi connectivity index (χ0n) is 15.4. The molecule has 0 aliphatic rings. The summed E-state index contributed by atoms with van der Waals surface area (Å²) in [6.45, 7) is 3.97. The summed E-state index contributed by atoms with van der Waals surface area (Å²) in [6, 6.07) is 17.3. The smallest absolute Gasteiger partial charge is 0.0546 e. The van der Waals surface area contributed by atoms with E-state index in [4.69, 9.17) is 0 Å². The topological polar surface area (TPSA) is 0 Å². The van der Waals surface area contributed by atoms with Crippen LogP contribution in [-0.2, 0) is 0 Å². The first-order chi connectivity index (χ1) is 13.8. The molecule has 0 atom stereocenters. The van der Waals surface area contributed by atoms with Gasteiger partial charge in [-0.25, -0.2) is 0 Å². The minimum Gasteiger partial charge on any atom is -0.134 e. The van der Waals surface area contributed by atoms with Crippen molar-refractivity contribution in [3.63, 3.8) is 0 Å².